The molecule has 98 valence electrons. The number of aryl methyl sites for hydroxylation is 1. The molecule has 1 aromatic heterocycles. The Kier molecular flexibility index (Phi) is 6.22. The minimum atomic E-state index is 0.722. The van der Waals surface area contributed by atoms with Crippen LogP contribution < -0.4 is 5.32 Å². The molecule has 0 unspecified atom stereocenters. The first-order chi connectivity index (χ1) is 8.11. The Morgan fingerprint density at radius 3 is 2.82 bits per heavy atom. The molecular formula is C13H26N4. The summed E-state index contributed by atoms with van der Waals surface area (Å²) in [4.78, 5) is 2.31. The van der Waals surface area contributed by atoms with Crippen LogP contribution in [-0.2, 0) is 13.0 Å². The number of nitrogens with zero attached hydrogens (tertiary/aromatic N) is 2. The van der Waals surface area contributed by atoms with Gasteiger partial charge < -0.3 is 5.32 Å². The van der Waals surface area contributed by atoms with E-state index in [0.717, 1.165) is 44.2 Å². The molecule has 0 aliphatic rings. The summed E-state index contributed by atoms with van der Waals surface area (Å²) in [5.74, 6) is 0.722. The van der Waals surface area contributed by atoms with E-state index in [4.69, 9.17) is 0 Å². The van der Waals surface area contributed by atoms with Gasteiger partial charge in [0.15, 0.2) is 0 Å². The highest BCUT2D eigenvalue weighted by Gasteiger charge is 2.03. The zero-order valence-electron chi connectivity index (χ0n) is 11.6. The highest BCUT2D eigenvalue weighted by molar-refractivity contribution is 5.08. The Hall–Kier alpha value is -0.870. The minimum Gasteiger partial charge on any atom is -0.315 e. The Morgan fingerprint density at radius 1 is 1.47 bits per heavy atom. The van der Waals surface area contributed by atoms with Gasteiger partial charge in [0.25, 0.3) is 0 Å². The van der Waals surface area contributed by atoms with E-state index in [1.165, 1.54) is 5.69 Å². The first-order valence-electron chi connectivity index (χ1n) is 6.54. The van der Waals surface area contributed by atoms with Crippen LogP contribution >= 0.6 is 0 Å². The third kappa shape index (κ3) is 5.84. The molecule has 0 saturated carbocycles. The molecule has 0 amide bonds. The van der Waals surface area contributed by atoms with Gasteiger partial charge in [-0.1, -0.05) is 20.8 Å². The van der Waals surface area contributed by atoms with Gasteiger partial charge >= 0.3 is 0 Å². The summed E-state index contributed by atoms with van der Waals surface area (Å²) in [7, 11) is 2.14. The lowest BCUT2D eigenvalue weighted by atomic mass is 10.2. The van der Waals surface area contributed by atoms with E-state index in [-0.39, 0.29) is 0 Å². The summed E-state index contributed by atoms with van der Waals surface area (Å²) >= 11 is 0. The molecule has 0 aromatic carbocycles. The van der Waals surface area contributed by atoms with E-state index in [9.17, 15) is 0 Å². The van der Waals surface area contributed by atoms with Crippen molar-refractivity contribution >= 4 is 0 Å². The van der Waals surface area contributed by atoms with Crippen LogP contribution in [0.15, 0.2) is 6.07 Å². The lowest BCUT2D eigenvalue weighted by Gasteiger charge is -2.16. The molecule has 1 heterocycles. The first kappa shape index (κ1) is 14.2. The van der Waals surface area contributed by atoms with Gasteiger partial charge in [-0.05, 0) is 32.0 Å². The van der Waals surface area contributed by atoms with Crippen molar-refractivity contribution in [3.63, 3.8) is 0 Å². The molecule has 1 aromatic rings. The zero-order valence-corrected chi connectivity index (χ0v) is 11.6. The molecule has 0 atom stereocenters. The third-order valence-corrected chi connectivity index (χ3v) is 2.71. The average Bonchev–Trinajstić information content (AvgIpc) is 2.72. The van der Waals surface area contributed by atoms with Crippen LogP contribution in [0.2, 0.25) is 0 Å². The zero-order chi connectivity index (χ0) is 12.7. The maximum Gasteiger partial charge on any atom is 0.0622 e. The molecular weight excluding hydrogens is 212 g/mol. The molecule has 0 saturated heterocycles. The van der Waals surface area contributed by atoms with Crippen molar-refractivity contribution in [3.8, 4) is 0 Å². The van der Waals surface area contributed by atoms with Crippen molar-refractivity contribution in [1.29, 1.82) is 0 Å². The summed E-state index contributed by atoms with van der Waals surface area (Å²) in [6, 6.07) is 2.15. The number of hydrogen-bond acceptors (Lipinski definition) is 3. The van der Waals surface area contributed by atoms with Gasteiger partial charge in [0.1, 0.15) is 0 Å². The molecule has 0 aliphatic carbocycles. The summed E-state index contributed by atoms with van der Waals surface area (Å²) in [6.45, 7) is 10.7. The standard InChI is InChI=1S/C13H26N4/c1-5-12-8-13(16-15-12)10-17(4)7-6-14-9-11(2)3/h8,11,14H,5-7,9-10H2,1-4H3,(H,15,16). The Balaban J connectivity index is 2.18. The van der Waals surface area contributed by atoms with Crippen LogP contribution in [0.1, 0.15) is 32.2 Å². The van der Waals surface area contributed by atoms with Crippen molar-refractivity contribution in [2.75, 3.05) is 26.7 Å². The van der Waals surface area contributed by atoms with Crippen molar-refractivity contribution < 1.29 is 0 Å². The Morgan fingerprint density at radius 2 is 2.24 bits per heavy atom. The minimum absolute atomic E-state index is 0.722. The number of aromatic nitrogens is 2. The normalized spacial score (nSPS) is 11.6. The number of nitrogens with one attached hydrogen (secondary N) is 2. The quantitative estimate of drug-likeness (QED) is 0.677. The summed E-state index contributed by atoms with van der Waals surface area (Å²) in [5, 5.41) is 10.8. The molecule has 1 rings (SSSR count). The van der Waals surface area contributed by atoms with Crippen LogP contribution in [0.25, 0.3) is 0 Å². The second-order valence-corrected chi connectivity index (χ2v) is 5.07. The molecule has 17 heavy (non-hydrogen) atoms. The van der Waals surface area contributed by atoms with Crippen molar-refractivity contribution in [2.24, 2.45) is 5.92 Å². The molecule has 2 N–H and O–H groups in total. The van der Waals surface area contributed by atoms with Gasteiger partial charge in [-0.2, -0.15) is 5.10 Å². The van der Waals surface area contributed by atoms with Gasteiger partial charge in [-0.15, -0.1) is 0 Å². The molecule has 0 spiro atoms. The van der Waals surface area contributed by atoms with E-state index >= 15 is 0 Å². The maximum atomic E-state index is 4.24. The van der Waals surface area contributed by atoms with Gasteiger partial charge in [0.05, 0.1) is 5.69 Å². The monoisotopic (exact) mass is 238 g/mol. The average molecular weight is 238 g/mol. The van der Waals surface area contributed by atoms with E-state index in [0.29, 0.717) is 0 Å². The highest BCUT2D eigenvalue weighted by atomic mass is 15.2. The summed E-state index contributed by atoms with van der Waals surface area (Å²) < 4.78 is 0. The molecule has 0 fully saturated rings. The maximum absolute atomic E-state index is 4.24. The van der Waals surface area contributed by atoms with E-state index in [1.807, 2.05) is 0 Å². The Bertz CT molecular complexity index is 306. The molecule has 0 bridgehead atoms. The number of aromatic amines is 1. The van der Waals surface area contributed by atoms with Crippen molar-refractivity contribution in [2.45, 2.75) is 33.7 Å². The van der Waals surface area contributed by atoms with Gasteiger partial charge in [0, 0.05) is 25.3 Å². The van der Waals surface area contributed by atoms with E-state index < -0.39 is 0 Å². The lowest BCUT2D eigenvalue weighted by molar-refractivity contribution is 0.318. The molecule has 4 nitrogen and oxygen atoms in total. The van der Waals surface area contributed by atoms with Gasteiger partial charge in [0.2, 0.25) is 0 Å². The van der Waals surface area contributed by atoms with Crippen LogP contribution in [0.3, 0.4) is 0 Å². The predicted octanol–water partition coefficient (Wildman–Crippen LogP) is 1.65. The third-order valence-electron chi connectivity index (χ3n) is 2.71. The fourth-order valence-corrected chi connectivity index (χ4v) is 1.70. The van der Waals surface area contributed by atoms with E-state index in [1.54, 1.807) is 0 Å². The van der Waals surface area contributed by atoms with Crippen LogP contribution in [0.4, 0.5) is 0 Å². The topological polar surface area (TPSA) is 44.0 Å². The summed E-state index contributed by atoms with van der Waals surface area (Å²) in [5.41, 5.74) is 2.35. The van der Waals surface area contributed by atoms with Crippen LogP contribution in [0.5, 0.6) is 0 Å². The second-order valence-electron chi connectivity index (χ2n) is 5.07. The largest absolute Gasteiger partial charge is 0.315 e. The molecule has 0 aliphatic heterocycles. The second kappa shape index (κ2) is 7.45. The Labute approximate surface area is 105 Å². The van der Waals surface area contributed by atoms with Gasteiger partial charge in [-0.25, -0.2) is 0 Å². The molecule has 4 heteroatoms. The SMILES string of the molecule is CCc1cc(CN(C)CCNCC(C)C)[nH]n1. The number of rotatable bonds is 8. The fourth-order valence-electron chi connectivity index (χ4n) is 1.70. The van der Waals surface area contributed by atoms with Gasteiger partial charge in [-0.3, -0.25) is 10.00 Å². The van der Waals surface area contributed by atoms with Crippen LogP contribution in [0, 0.1) is 5.92 Å². The highest BCUT2D eigenvalue weighted by Crippen LogP contribution is 2.02. The number of H-pyrrole nitrogens is 1. The number of likely N-dealkylation sites (N-methyl/N-ethyl adjacent to an activating group) is 1. The summed E-state index contributed by atoms with van der Waals surface area (Å²) in [6.07, 6.45) is 0.996. The van der Waals surface area contributed by atoms with E-state index in [2.05, 4.69) is 54.3 Å². The van der Waals surface area contributed by atoms with Crippen molar-refractivity contribution in [3.05, 3.63) is 17.5 Å². The predicted molar refractivity (Wildman–Crippen MR) is 72.0 cm³/mol. The fraction of sp³-hybridized carbons (Fsp3) is 0.769. The van der Waals surface area contributed by atoms with Crippen LogP contribution in [-0.4, -0.2) is 41.8 Å². The van der Waals surface area contributed by atoms with Crippen molar-refractivity contribution in [1.82, 2.24) is 20.4 Å². The smallest absolute Gasteiger partial charge is 0.0622 e. The lowest BCUT2D eigenvalue weighted by Crippen LogP contribution is -2.30. The molecule has 0 radical (unpaired) electrons. The first-order valence-corrected chi connectivity index (χ1v) is 6.54. The number of hydrogen-bond donors (Lipinski definition) is 2.